The minimum absolute atomic E-state index is 0.0465. The molecule has 0 fully saturated rings. The molecule has 0 aromatic heterocycles. The summed E-state index contributed by atoms with van der Waals surface area (Å²) in [6.07, 6.45) is 1.28. The fourth-order valence-corrected chi connectivity index (χ4v) is 5.07. The van der Waals surface area contributed by atoms with Gasteiger partial charge in [-0.15, -0.1) is 0 Å². The largest absolute Gasteiger partial charge is 0.491 e. The molecule has 3 aromatic carbocycles. The molecule has 2 unspecified atom stereocenters. The van der Waals surface area contributed by atoms with Crippen LogP contribution >= 0.6 is 11.6 Å². The molecule has 4 nitrogen and oxygen atoms in total. The zero-order valence-electron chi connectivity index (χ0n) is 18.8. The van der Waals surface area contributed by atoms with Gasteiger partial charge in [-0.2, -0.15) is 0 Å². The Labute approximate surface area is 199 Å². The highest BCUT2D eigenvalue weighted by Gasteiger charge is 2.36. The van der Waals surface area contributed by atoms with E-state index in [0.29, 0.717) is 11.4 Å². The molecule has 1 aliphatic heterocycles. The molecule has 1 aliphatic carbocycles. The van der Waals surface area contributed by atoms with E-state index in [1.165, 1.54) is 0 Å². The Bertz CT molecular complexity index is 1220. The van der Waals surface area contributed by atoms with Gasteiger partial charge in [0.25, 0.3) is 0 Å². The second-order valence-electron chi connectivity index (χ2n) is 8.93. The SMILES string of the molecule is CC(C)Oc1ccc(C2Nc3ccccc3NC3=C2C(=O)CC(c2ccccc2Cl)C3)cc1. The number of ketones is 1. The average Bonchev–Trinajstić information content (AvgIpc) is 2.96. The van der Waals surface area contributed by atoms with Crippen molar-refractivity contribution in [2.75, 3.05) is 10.6 Å². The Balaban J connectivity index is 1.56. The highest BCUT2D eigenvalue weighted by atomic mass is 35.5. The van der Waals surface area contributed by atoms with Gasteiger partial charge in [-0.3, -0.25) is 4.79 Å². The molecule has 0 radical (unpaired) electrons. The molecular formula is C28H27ClN2O2. The van der Waals surface area contributed by atoms with Gasteiger partial charge in [-0.1, -0.05) is 54.1 Å². The fraction of sp³-hybridized carbons (Fsp3) is 0.250. The molecule has 0 bridgehead atoms. The van der Waals surface area contributed by atoms with Crippen molar-refractivity contribution < 1.29 is 9.53 Å². The van der Waals surface area contributed by atoms with Crippen LogP contribution in [0.4, 0.5) is 11.4 Å². The van der Waals surface area contributed by atoms with Crippen molar-refractivity contribution in [2.45, 2.75) is 44.8 Å². The molecule has 3 aromatic rings. The molecular weight excluding hydrogens is 432 g/mol. The predicted octanol–water partition coefficient (Wildman–Crippen LogP) is 7.11. The summed E-state index contributed by atoms with van der Waals surface area (Å²) in [5.41, 5.74) is 5.76. The van der Waals surface area contributed by atoms with Crippen LogP contribution in [0, 0.1) is 0 Å². The summed E-state index contributed by atoms with van der Waals surface area (Å²) in [6.45, 7) is 4.02. The van der Waals surface area contributed by atoms with E-state index >= 15 is 0 Å². The number of rotatable bonds is 4. The number of halogens is 1. The number of nitrogens with one attached hydrogen (secondary N) is 2. The van der Waals surface area contributed by atoms with E-state index in [1.54, 1.807) is 0 Å². The monoisotopic (exact) mass is 458 g/mol. The lowest BCUT2D eigenvalue weighted by Gasteiger charge is -2.30. The van der Waals surface area contributed by atoms with E-state index in [-0.39, 0.29) is 23.8 Å². The molecule has 1 heterocycles. The number of ether oxygens (including phenoxy) is 1. The van der Waals surface area contributed by atoms with E-state index in [2.05, 4.69) is 10.6 Å². The van der Waals surface area contributed by atoms with E-state index in [9.17, 15) is 4.79 Å². The quantitative estimate of drug-likeness (QED) is 0.437. The molecule has 5 rings (SSSR count). The maximum atomic E-state index is 13.6. The Morgan fingerprint density at radius 3 is 2.33 bits per heavy atom. The number of carbonyl (C=O) groups is 1. The molecule has 5 heteroatoms. The molecule has 0 amide bonds. The highest BCUT2D eigenvalue weighted by molar-refractivity contribution is 6.31. The third-order valence-electron chi connectivity index (χ3n) is 6.24. The van der Waals surface area contributed by atoms with Gasteiger partial charge in [0.15, 0.2) is 5.78 Å². The number of carbonyl (C=O) groups excluding carboxylic acids is 1. The lowest BCUT2D eigenvalue weighted by atomic mass is 9.78. The Kier molecular flexibility index (Phi) is 5.86. The van der Waals surface area contributed by atoms with Crippen LogP contribution in [0.25, 0.3) is 0 Å². The first-order chi connectivity index (χ1) is 16.0. The number of Topliss-reactive ketones (excluding diaryl/α,β-unsaturated/α-hetero) is 1. The first-order valence-electron chi connectivity index (χ1n) is 11.4. The maximum Gasteiger partial charge on any atom is 0.163 e. The lowest BCUT2D eigenvalue weighted by Crippen LogP contribution is -2.27. The number of allylic oxidation sites excluding steroid dienone is 1. The third-order valence-corrected chi connectivity index (χ3v) is 6.58. The molecule has 168 valence electrons. The van der Waals surface area contributed by atoms with Crippen molar-refractivity contribution >= 4 is 28.8 Å². The van der Waals surface area contributed by atoms with Crippen LogP contribution in [-0.2, 0) is 4.79 Å². The maximum absolute atomic E-state index is 13.6. The normalized spacial score (nSPS) is 19.8. The average molecular weight is 459 g/mol. The van der Waals surface area contributed by atoms with Crippen molar-refractivity contribution in [3.63, 3.8) is 0 Å². The number of hydrogen-bond donors (Lipinski definition) is 2. The van der Waals surface area contributed by atoms with Gasteiger partial charge in [-0.05, 0) is 67.6 Å². The first kappa shape index (κ1) is 21.6. The zero-order valence-corrected chi connectivity index (χ0v) is 19.5. The van der Waals surface area contributed by atoms with Gasteiger partial charge in [0.05, 0.1) is 23.5 Å². The molecule has 0 spiro atoms. The van der Waals surface area contributed by atoms with Gasteiger partial charge in [0.1, 0.15) is 5.75 Å². The van der Waals surface area contributed by atoms with Gasteiger partial charge in [-0.25, -0.2) is 0 Å². The predicted molar refractivity (Wildman–Crippen MR) is 134 cm³/mol. The molecule has 0 saturated carbocycles. The molecule has 0 saturated heterocycles. The Morgan fingerprint density at radius 2 is 1.61 bits per heavy atom. The number of fused-ring (bicyclic) bond motifs is 1. The van der Waals surface area contributed by atoms with Crippen LogP contribution in [-0.4, -0.2) is 11.9 Å². The smallest absolute Gasteiger partial charge is 0.163 e. The topological polar surface area (TPSA) is 50.4 Å². The van der Waals surface area contributed by atoms with Gasteiger partial charge in [0, 0.05) is 22.7 Å². The summed E-state index contributed by atoms with van der Waals surface area (Å²) < 4.78 is 5.82. The second-order valence-corrected chi connectivity index (χ2v) is 9.33. The summed E-state index contributed by atoms with van der Waals surface area (Å²) in [5, 5.41) is 7.91. The minimum atomic E-state index is -0.246. The van der Waals surface area contributed by atoms with E-state index in [1.807, 2.05) is 86.6 Å². The lowest BCUT2D eigenvalue weighted by molar-refractivity contribution is -0.116. The van der Waals surface area contributed by atoms with Crippen LogP contribution in [0.1, 0.15) is 49.8 Å². The van der Waals surface area contributed by atoms with Crippen LogP contribution < -0.4 is 15.4 Å². The van der Waals surface area contributed by atoms with E-state index in [4.69, 9.17) is 16.3 Å². The number of hydrogen-bond acceptors (Lipinski definition) is 4. The third kappa shape index (κ3) is 4.36. The van der Waals surface area contributed by atoms with E-state index in [0.717, 1.165) is 45.9 Å². The Morgan fingerprint density at radius 1 is 0.909 bits per heavy atom. The number of benzene rings is 3. The van der Waals surface area contributed by atoms with Crippen LogP contribution in [0.3, 0.4) is 0 Å². The van der Waals surface area contributed by atoms with Gasteiger partial charge < -0.3 is 15.4 Å². The van der Waals surface area contributed by atoms with Crippen molar-refractivity contribution in [1.82, 2.24) is 0 Å². The standard InChI is InChI=1S/C28H27ClN2O2/c1-17(2)33-20-13-11-18(12-14-20)28-27-25(30-23-9-5-6-10-24(23)31-28)15-19(16-26(27)32)21-7-3-4-8-22(21)29/h3-14,17,19,28,30-31H,15-16H2,1-2H3. The minimum Gasteiger partial charge on any atom is -0.491 e. The molecule has 2 N–H and O–H groups in total. The molecule has 33 heavy (non-hydrogen) atoms. The van der Waals surface area contributed by atoms with Crippen molar-refractivity contribution in [3.05, 3.63) is 100 Å². The highest BCUT2D eigenvalue weighted by Crippen LogP contribution is 2.45. The summed E-state index contributed by atoms with van der Waals surface area (Å²) in [6, 6.07) is 23.7. The Hall–Kier alpha value is -3.24. The first-order valence-corrected chi connectivity index (χ1v) is 11.8. The van der Waals surface area contributed by atoms with Gasteiger partial charge >= 0.3 is 0 Å². The van der Waals surface area contributed by atoms with Crippen molar-refractivity contribution in [2.24, 2.45) is 0 Å². The summed E-state index contributed by atoms with van der Waals surface area (Å²) >= 11 is 6.50. The number of para-hydroxylation sites is 2. The van der Waals surface area contributed by atoms with Crippen LogP contribution in [0.2, 0.25) is 5.02 Å². The van der Waals surface area contributed by atoms with Crippen LogP contribution in [0.5, 0.6) is 5.75 Å². The summed E-state index contributed by atoms with van der Waals surface area (Å²) in [4.78, 5) is 13.6. The fourth-order valence-electron chi connectivity index (χ4n) is 4.78. The second kappa shape index (κ2) is 8.95. The summed E-state index contributed by atoms with van der Waals surface area (Å²) in [5.74, 6) is 1.01. The molecule has 2 atom stereocenters. The van der Waals surface area contributed by atoms with Crippen LogP contribution in [0.15, 0.2) is 84.1 Å². The van der Waals surface area contributed by atoms with E-state index < -0.39 is 0 Å². The van der Waals surface area contributed by atoms with Crippen molar-refractivity contribution in [3.8, 4) is 5.75 Å². The van der Waals surface area contributed by atoms with Crippen molar-refractivity contribution in [1.29, 1.82) is 0 Å². The molecule has 2 aliphatic rings. The number of anilines is 2. The summed E-state index contributed by atoms with van der Waals surface area (Å²) in [7, 11) is 0. The van der Waals surface area contributed by atoms with Gasteiger partial charge in [0.2, 0.25) is 0 Å². The zero-order chi connectivity index (χ0) is 22.9.